The third-order valence-corrected chi connectivity index (χ3v) is 5.32. The van der Waals surface area contributed by atoms with E-state index in [0.717, 1.165) is 55.7 Å². The molecule has 1 saturated heterocycles. The van der Waals surface area contributed by atoms with Gasteiger partial charge in [-0.25, -0.2) is 14.8 Å². The molecule has 0 bridgehead atoms. The maximum Gasteiger partial charge on any atom is 0.410 e. The first-order chi connectivity index (χ1) is 12.3. The Morgan fingerprint density at radius 1 is 1.38 bits per heavy atom. The Morgan fingerprint density at radius 3 is 2.85 bits per heavy atom. The summed E-state index contributed by atoms with van der Waals surface area (Å²) in [5.41, 5.74) is 1.88. The van der Waals surface area contributed by atoms with Crippen molar-refractivity contribution in [3.8, 4) is 0 Å². The van der Waals surface area contributed by atoms with E-state index in [1.54, 1.807) is 16.7 Å². The van der Waals surface area contributed by atoms with Gasteiger partial charge in [-0.15, -0.1) is 0 Å². The quantitative estimate of drug-likeness (QED) is 0.638. The van der Waals surface area contributed by atoms with Gasteiger partial charge in [0.15, 0.2) is 5.16 Å². The number of amides is 1. The molecule has 0 aliphatic carbocycles. The van der Waals surface area contributed by atoms with Crippen LogP contribution in [0.5, 0.6) is 0 Å². The third-order valence-electron chi connectivity index (χ3n) is 4.77. The predicted octanol–water partition coefficient (Wildman–Crippen LogP) is 2.29. The average molecular weight is 380 g/mol. The predicted molar refractivity (Wildman–Crippen MR) is 104 cm³/mol. The monoisotopic (exact) mass is 379 g/mol. The number of nitrogens with one attached hydrogen (secondary N) is 1. The molecule has 0 aromatic carbocycles. The summed E-state index contributed by atoms with van der Waals surface area (Å²) in [7, 11) is 1.83. The Morgan fingerprint density at radius 2 is 2.15 bits per heavy atom. The first-order valence-electron chi connectivity index (χ1n) is 9.13. The van der Waals surface area contributed by atoms with Gasteiger partial charge in [-0.2, -0.15) is 0 Å². The lowest BCUT2D eigenvalue weighted by atomic mass is 10.1. The number of anilines is 1. The number of carbonyl (C=O) groups is 1. The third kappa shape index (κ3) is 4.23. The maximum atomic E-state index is 12.4. The van der Waals surface area contributed by atoms with Crippen molar-refractivity contribution in [2.24, 2.45) is 0 Å². The number of nitrogens with zero attached hydrogens (tertiary/aromatic N) is 4. The number of aromatic nitrogens is 2. The van der Waals surface area contributed by atoms with E-state index in [1.165, 1.54) is 5.56 Å². The number of thioether (sulfide) groups is 1. The Hall–Kier alpha value is -1.54. The van der Waals surface area contributed by atoms with Crippen molar-refractivity contribution >= 4 is 23.7 Å². The second kappa shape index (κ2) is 7.60. The van der Waals surface area contributed by atoms with Gasteiger partial charge >= 0.3 is 6.09 Å². The Bertz CT molecular complexity index is 676. The SMILES string of the molecule is CSc1nc2c(c(N3CCC(N(C)C(=O)OC(C)(C)C)C3)n1)CCNC2. The minimum Gasteiger partial charge on any atom is -0.444 e. The number of likely N-dealkylation sites (N-methyl/N-ethyl adjacent to an activating group) is 1. The van der Waals surface area contributed by atoms with E-state index in [4.69, 9.17) is 9.72 Å². The van der Waals surface area contributed by atoms with Crippen LogP contribution in [0, 0.1) is 0 Å². The Kier molecular flexibility index (Phi) is 5.62. The molecule has 2 aliphatic heterocycles. The average Bonchev–Trinajstić information content (AvgIpc) is 3.08. The van der Waals surface area contributed by atoms with Crippen LogP contribution in [0.4, 0.5) is 10.6 Å². The largest absolute Gasteiger partial charge is 0.444 e. The zero-order chi connectivity index (χ0) is 18.9. The van der Waals surface area contributed by atoms with Crippen LogP contribution in [0.3, 0.4) is 0 Å². The summed E-state index contributed by atoms with van der Waals surface area (Å²) in [4.78, 5) is 25.9. The molecule has 1 atom stereocenters. The molecule has 1 amide bonds. The normalized spacial score (nSPS) is 20.0. The lowest BCUT2D eigenvalue weighted by Crippen LogP contribution is -2.42. The van der Waals surface area contributed by atoms with E-state index < -0.39 is 5.60 Å². The molecule has 1 aromatic heterocycles. The minimum absolute atomic E-state index is 0.134. The van der Waals surface area contributed by atoms with Crippen LogP contribution >= 0.6 is 11.8 Å². The molecule has 0 saturated carbocycles. The van der Waals surface area contributed by atoms with E-state index >= 15 is 0 Å². The molecule has 1 unspecified atom stereocenters. The Labute approximate surface area is 159 Å². The first kappa shape index (κ1) is 19.2. The minimum atomic E-state index is -0.477. The van der Waals surface area contributed by atoms with Crippen molar-refractivity contribution in [2.45, 2.75) is 57.0 Å². The zero-order valence-corrected chi connectivity index (χ0v) is 17.2. The number of hydrogen-bond donors (Lipinski definition) is 1. The first-order valence-corrected chi connectivity index (χ1v) is 10.4. The number of rotatable bonds is 3. The van der Waals surface area contributed by atoms with Crippen molar-refractivity contribution in [2.75, 3.05) is 37.8 Å². The molecule has 26 heavy (non-hydrogen) atoms. The van der Waals surface area contributed by atoms with Crippen LogP contribution in [-0.2, 0) is 17.7 Å². The number of carbonyl (C=O) groups excluding carboxylic acids is 1. The van der Waals surface area contributed by atoms with Gasteiger partial charge in [-0.1, -0.05) is 11.8 Å². The summed E-state index contributed by atoms with van der Waals surface area (Å²) < 4.78 is 5.51. The van der Waals surface area contributed by atoms with Crippen LogP contribution in [0.25, 0.3) is 0 Å². The van der Waals surface area contributed by atoms with E-state index in [-0.39, 0.29) is 12.1 Å². The van der Waals surface area contributed by atoms with Gasteiger partial charge in [0.25, 0.3) is 0 Å². The lowest BCUT2D eigenvalue weighted by molar-refractivity contribution is 0.0238. The van der Waals surface area contributed by atoms with Crippen molar-refractivity contribution in [3.63, 3.8) is 0 Å². The molecule has 0 spiro atoms. The van der Waals surface area contributed by atoms with Gasteiger partial charge in [-0.05, 0) is 46.4 Å². The van der Waals surface area contributed by atoms with Crippen molar-refractivity contribution in [1.29, 1.82) is 0 Å². The topological polar surface area (TPSA) is 70.6 Å². The van der Waals surface area contributed by atoms with Gasteiger partial charge in [0.05, 0.1) is 11.7 Å². The van der Waals surface area contributed by atoms with Gasteiger partial charge in [0.1, 0.15) is 11.4 Å². The molecule has 1 aromatic rings. The number of hydrogen-bond acceptors (Lipinski definition) is 7. The van der Waals surface area contributed by atoms with Gasteiger partial charge in [-0.3, -0.25) is 0 Å². The van der Waals surface area contributed by atoms with Crippen molar-refractivity contribution in [1.82, 2.24) is 20.2 Å². The summed E-state index contributed by atoms with van der Waals surface area (Å²) in [6.45, 7) is 9.11. The molecular weight excluding hydrogens is 350 g/mol. The van der Waals surface area contributed by atoms with E-state index in [9.17, 15) is 4.79 Å². The fourth-order valence-electron chi connectivity index (χ4n) is 3.40. The lowest BCUT2D eigenvalue weighted by Gasteiger charge is -2.29. The van der Waals surface area contributed by atoms with Crippen molar-refractivity contribution < 1.29 is 9.53 Å². The number of fused-ring (bicyclic) bond motifs is 1. The molecule has 8 heteroatoms. The highest BCUT2D eigenvalue weighted by Crippen LogP contribution is 2.30. The summed E-state index contributed by atoms with van der Waals surface area (Å²) in [6, 6.07) is 0.134. The highest BCUT2D eigenvalue weighted by atomic mass is 32.2. The fraction of sp³-hybridized carbons (Fsp3) is 0.722. The zero-order valence-electron chi connectivity index (χ0n) is 16.3. The van der Waals surface area contributed by atoms with Crippen LogP contribution in [0.15, 0.2) is 5.16 Å². The van der Waals surface area contributed by atoms with Gasteiger partial charge < -0.3 is 19.9 Å². The van der Waals surface area contributed by atoms with Crippen LogP contribution in [0.2, 0.25) is 0 Å². The highest BCUT2D eigenvalue weighted by molar-refractivity contribution is 7.98. The molecular formula is C18H29N5O2S. The van der Waals surface area contributed by atoms with Crippen LogP contribution in [-0.4, -0.2) is 65.5 Å². The highest BCUT2D eigenvalue weighted by Gasteiger charge is 2.33. The summed E-state index contributed by atoms with van der Waals surface area (Å²) in [5, 5.41) is 4.20. The molecule has 0 radical (unpaired) electrons. The van der Waals surface area contributed by atoms with E-state index in [1.807, 2.05) is 34.1 Å². The molecule has 1 N–H and O–H groups in total. The van der Waals surface area contributed by atoms with Crippen LogP contribution in [0.1, 0.15) is 38.4 Å². The molecule has 144 valence electrons. The van der Waals surface area contributed by atoms with E-state index in [2.05, 4.69) is 15.2 Å². The molecule has 1 fully saturated rings. The summed E-state index contributed by atoms with van der Waals surface area (Å²) >= 11 is 1.57. The molecule has 3 rings (SSSR count). The van der Waals surface area contributed by atoms with Gasteiger partial charge in [0.2, 0.25) is 0 Å². The van der Waals surface area contributed by atoms with Crippen molar-refractivity contribution in [3.05, 3.63) is 11.3 Å². The van der Waals surface area contributed by atoms with Gasteiger partial charge in [0, 0.05) is 32.2 Å². The molecule has 3 heterocycles. The standard InChI is InChI=1S/C18H29N5O2S/c1-18(2,3)25-17(24)22(4)12-7-9-23(11-12)15-13-6-8-19-10-14(13)20-16(21-15)26-5/h12,19H,6-11H2,1-5H3. The molecule has 7 nitrogen and oxygen atoms in total. The summed E-state index contributed by atoms with van der Waals surface area (Å²) in [5.74, 6) is 1.04. The van der Waals surface area contributed by atoms with E-state index in [0.29, 0.717) is 0 Å². The smallest absolute Gasteiger partial charge is 0.410 e. The maximum absolute atomic E-state index is 12.4. The number of ether oxygens (including phenoxy) is 1. The van der Waals surface area contributed by atoms with Crippen LogP contribution < -0.4 is 10.2 Å². The summed E-state index contributed by atoms with van der Waals surface area (Å²) in [6.07, 6.45) is 3.61. The second-order valence-electron chi connectivity index (χ2n) is 7.87. The second-order valence-corrected chi connectivity index (χ2v) is 8.64. The Balaban J connectivity index is 1.75. The molecule has 2 aliphatic rings. The fourth-order valence-corrected chi connectivity index (χ4v) is 3.78.